The van der Waals surface area contributed by atoms with Crippen molar-refractivity contribution in [2.45, 2.75) is 19.8 Å². The molecule has 1 aliphatic carbocycles. The molecule has 0 atom stereocenters. The molecule has 0 radical (unpaired) electrons. The monoisotopic (exact) mass is 259 g/mol. The van der Waals surface area contributed by atoms with Gasteiger partial charge in [-0.25, -0.2) is 4.98 Å². The first-order valence-corrected chi connectivity index (χ1v) is 6.85. The molecule has 0 amide bonds. The third-order valence-corrected chi connectivity index (χ3v) is 4.00. The highest BCUT2D eigenvalue weighted by molar-refractivity contribution is 5.77. The number of hydrogen-bond acceptors (Lipinski definition) is 4. The van der Waals surface area contributed by atoms with Crippen LogP contribution in [0.25, 0.3) is 11.1 Å². The van der Waals surface area contributed by atoms with E-state index in [2.05, 4.69) is 34.4 Å². The maximum atomic E-state index is 5.51. The number of aryl methyl sites for hydroxylation is 1. The average Bonchev–Trinajstić information content (AvgIpc) is 3.01. The molecule has 1 aliphatic rings. The molecule has 3 rings (SSSR count). The van der Waals surface area contributed by atoms with Gasteiger partial charge in [0.1, 0.15) is 5.52 Å². The van der Waals surface area contributed by atoms with Crippen LogP contribution in [0.4, 0.5) is 5.69 Å². The molecule has 0 aliphatic heterocycles. The van der Waals surface area contributed by atoms with E-state index in [9.17, 15) is 0 Å². The minimum atomic E-state index is 0.470. The van der Waals surface area contributed by atoms with Crippen molar-refractivity contribution in [1.29, 1.82) is 0 Å². The van der Waals surface area contributed by atoms with Gasteiger partial charge in [0.05, 0.1) is 0 Å². The smallest absolute Gasteiger partial charge is 0.192 e. The predicted molar refractivity (Wildman–Crippen MR) is 77.6 cm³/mol. The molecule has 0 bridgehead atoms. The van der Waals surface area contributed by atoms with E-state index >= 15 is 0 Å². The largest absolute Gasteiger partial charge is 0.441 e. The van der Waals surface area contributed by atoms with Gasteiger partial charge in [0.2, 0.25) is 0 Å². The first kappa shape index (κ1) is 12.5. The van der Waals surface area contributed by atoms with Crippen molar-refractivity contribution in [2.24, 2.45) is 5.41 Å². The molecule has 0 unspecified atom stereocenters. The molecule has 0 saturated heterocycles. The molecular formula is C15H21N3O. The van der Waals surface area contributed by atoms with Gasteiger partial charge in [0.15, 0.2) is 11.5 Å². The second-order valence-electron chi connectivity index (χ2n) is 5.77. The molecule has 1 fully saturated rings. The van der Waals surface area contributed by atoms with Crippen molar-refractivity contribution in [1.82, 2.24) is 10.3 Å². The summed E-state index contributed by atoms with van der Waals surface area (Å²) in [6, 6.07) is 6.24. The molecule has 1 N–H and O–H groups in total. The fourth-order valence-electron chi connectivity index (χ4n) is 2.81. The summed E-state index contributed by atoms with van der Waals surface area (Å²) in [7, 11) is 4.19. The number of oxazole rings is 1. The Labute approximate surface area is 113 Å². The average molecular weight is 259 g/mol. The van der Waals surface area contributed by atoms with Crippen LogP contribution in [-0.2, 0) is 0 Å². The van der Waals surface area contributed by atoms with Crippen molar-refractivity contribution in [2.75, 3.05) is 32.1 Å². The Balaban J connectivity index is 1.79. The normalized spacial score (nSPS) is 16.8. The molecule has 19 heavy (non-hydrogen) atoms. The molecule has 1 aromatic heterocycles. The van der Waals surface area contributed by atoms with Crippen LogP contribution in [0.2, 0.25) is 0 Å². The Morgan fingerprint density at radius 2 is 2.21 bits per heavy atom. The summed E-state index contributed by atoms with van der Waals surface area (Å²) in [5, 5.41) is 3.31. The van der Waals surface area contributed by atoms with Crippen molar-refractivity contribution in [3.63, 3.8) is 0 Å². The quantitative estimate of drug-likeness (QED) is 0.896. The van der Waals surface area contributed by atoms with Gasteiger partial charge >= 0.3 is 0 Å². The summed E-state index contributed by atoms with van der Waals surface area (Å²) in [5.74, 6) is 0.726. The molecule has 4 heteroatoms. The van der Waals surface area contributed by atoms with E-state index in [0.717, 1.165) is 30.1 Å². The number of benzene rings is 1. The second kappa shape index (κ2) is 4.53. The predicted octanol–water partition coefficient (Wildman–Crippen LogP) is 2.57. The highest BCUT2D eigenvalue weighted by Crippen LogP contribution is 2.46. The zero-order chi connectivity index (χ0) is 13.5. The van der Waals surface area contributed by atoms with Crippen molar-refractivity contribution in [3.05, 3.63) is 24.1 Å². The lowest BCUT2D eigenvalue weighted by Crippen LogP contribution is -2.32. The lowest BCUT2D eigenvalue weighted by molar-refractivity contribution is 0.482. The molecule has 2 aromatic rings. The number of hydrogen-bond donors (Lipinski definition) is 1. The van der Waals surface area contributed by atoms with Crippen LogP contribution in [0.5, 0.6) is 0 Å². The van der Waals surface area contributed by atoms with Gasteiger partial charge in [-0.1, -0.05) is 0 Å². The molecular weight excluding hydrogens is 238 g/mol. The number of nitrogens with zero attached hydrogens (tertiary/aromatic N) is 2. The zero-order valence-electron chi connectivity index (χ0n) is 11.9. The van der Waals surface area contributed by atoms with E-state index in [1.165, 1.54) is 18.5 Å². The van der Waals surface area contributed by atoms with Gasteiger partial charge in [-0.15, -0.1) is 0 Å². The van der Waals surface area contributed by atoms with Crippen LogP contribution in [0.3, 0.4) is 0 Å². The summed E-state index contributed by atoms with van der Waals surface area (Å²) in [6.45, 7) is 4.08. The molecule has 0 spiro atoms. The number of fused-ring (bicyclic) bond motifs is 1. The van der Waals surface area contributed by atoms with Crippen LogP contribution in [0.15, 0.2) is 22.6 Å². The summed E-state index contributed by atoms with van der Waals surface area (Å²) >= 11 is 0. The van der Waals surface area contributed by atoms with Crippen LogP contribution >= 0.6 is 0 Å². The van der Waals surface area contributed by atoms with Gasteiger partial charge < -0.3 is 14.6 Å². The van der Waals surface area contributed by atoms with Crippen LogP contribution in [0.1, 0.15) is 18.7 Å². The number of anilines is 1. The fourth-order valence-corrected chi connectivity index (χ4v) is 2.81. The third kappa shape index (κ3) is 2.45. The second-order valence-corrected chi connectivity index (χ2v) is 5.77. The van der Waals surface area contributed by atoms with Crippen molar-refractivity contribution < 1.29 is 4.42 Å². The van der Waals surface area contributed by atoms with Crippen molar-refractivity contribution >= 4 is 16.8 Å². The minimum Gasteiger partial charge on any atom is -0.441 e. The minimum absolute atomic E-state index is 0.470. The van der Waals surface area contributed by atoms with Crippen LogP contribution < -0.4 is 10.2 Å². The Morgan fingerprint density at radius 1 is 1.42 bits per heavy atom. The van der Waals surface area contributed by atoms with Gasteiger partial charge in [-0.05, 0) is 38.1 Å². The molecule has 1 heterocycles. The van der Waals surface area contributed by atoms with Crippen molar-refractivity contribution in [3.8, 4) is 0 Å². The zero-order valence-corrected chi connectivity index (χ0v) is 11.9. The van der Waals surface area contributed by atoms with Gasteiger partial charge in [0, 0.05) is 38.2 Å². The summed E-state index contributed by atoms with van der Waals surface area (Å²) in [4.78, 5) is 6.73. The first-order chi connectivity index (χ1) is 9.12. The van der Waals surface area contributed by atoms with Gasteiger partial charge in [0.25, 0.3) is 0 Å². The Kier molecular flexibility index (Phi) is 2.97. The summed E-state index contributed by atoms with van der Waals surface area (Å²) in [5.41, 5.74) is 3.49. The van der Waals surface area contributed by atoms with Gasteiger partial charge in [-0.2, -0.15) is 0 Å². The Hall–Kier alpha value is -1.55. The van der Waals surface area contributed by atoms with Gasteiger partial charge in [-0.3, -0.25) is 0 Å². The van der Waals surface area contributed by atoms with E-state index in [1.807, 2.05) is 20.0 Å². The number of nitrogens with one attached hydrogen (secondary N) is 1. The van der Waals surface area contributed by atoms with E-state index in [-0.39, 0.29) is 0 Å². The Bertz CT molecular complexity index is 586. The standard InChI is InChI=1S/C15H21N3O/c1-11-17-13-8-12(4-5-14(13)19-11)18(3)10-15(6-7-15)9-16-2/h4-5,8,16H,6-7,9-10H2,1-3H3. The SMILES string of the molecule is CNCC1(CN(C)c2ccc3oc(C)nc3c2)CC1. The summed E-state index contributed by atoms with van der Waals surface area (Å²) < 4.78 is 5.51. The van der Waals surface area contributed by atoms with Crippen LogP contribution in [0, 0.1) is 12.3 Å². The fraction of sp³-hybridized carbons (Fsp3) is 0.533. The number of aromatic nitrogens is 1. The van der Waals surface area contributed by atoms with E-state index < -0.39 is 0 Å². The molecule has 102 valence electrons. The third-order valence-electron chi connectivity index (χ3n) is 4.00. The maximum Gasteiger partial charge on any atom is 0.192 e. The number of rotatable bonds is 5. The lowest BCUT2D eigenvalue weighted by atomic mass is 10.1. The Morgan fingerprint density at radius 3 is 2.89 bits per heavy atom. The van der Waals surface area contributed by atoms with E-state index in [0.29, 0.717) is 5.41 Å². The topological polar surface area (TPSA) is 41.3 Å². The molecule has 4 nitrogen and oxygen atoms in total. The highest BCUT2D eigenvalue weighted by atomic mass is 16.3. The van der Waals surface area contributed by atoms with Crippen LogP contribution in [-0.4, -0.2) is 32.2 Å². The summed E-state index contributed by atoms with van der Waals surface area (Å²) in [6.07, 6.45) is 2.65. The highest BCUT2D eigenvalue weighted by Gasteiger charge is 2.42. The lowest BCUT2D eigenvalue weighted by Gasteiger charge is -2.25. The van der Waals surface area contributed by atoms with E-state index in [1.54, 1.807) is 0 Å². The molecule has 1 aromatic carbocycles. The first-order valence-electron chi connectivity index (χ1n) is 6.85. The molecule has 1 saturated carbocycles. The maximum absolute atomic E-state index is 5.51. The van der Waals surface area contributed by atoms with E-state index in [4.69, 9.17) is 4.42 Å².